The molecular weight excluding hydrogens is 321 g/mol. The number of alkyl halides is 3. The van der Waals surface area contributed by atoms with E-state index >= 15 is 0 Å². The van der Waals surface area contributed by atoms with Crippen LogP contribution in [0.4, 0.5) is 13.2 Å². The summed E-state index contributed by atoms with van der Waals surface area (Å²) in [6, 6.07) is 7.06. The molecule has 3 rings (SSSR count). The summed E-state index contributed by atoms with van der Waals surface area (Å²) >= 11 is 0. The van der Waals surface area contributed by atoms with E-state index in [2.05, 4.69) is 10.4 Å². The van der Waals surface area contributed by atoms with E-state index in [0.29, 0.717) is 25.2 Å². The highest BCUT2D eigenvalue weighted by Crippen LogP contribution is 2.30. The van der Waals surface area contributed by atoms with Crippen LogP contribution in [0.1, 0.15) is 23.0 Å². The summed E-state index contributed by atoms with van der Waals surface area (Å²) in [5, 5.41) is 6.94. The lowest BCUT2D eigenvalue weighted by atomic mass is 10.1. The van der Waals surface area contributed by atoms with Crippen LogP contribution in [0.15, 0.2) is 36.5 Å². The largest absolute Gasteiger partial charge is 0.433 e. The van der Waals surface area contributed by atoms with Gasteiger partial charge in [0, 0.05) is 31.2 Å². The maximum absolute atomic E-state index is 13.0. The number of halogens is 3. The van der Waals surface area contributed by atoms with Crippen LogP contribution in [-0.2, 0) is 6.18 Å². The van der Waals surface area contributed by atoms with Gasteiger partial charge in [-0.2, -0.15) is 18.3 Å². The van der Waals surface area contributed by atoms with Crippen molar-refractivity contribution in [2.75, 3.05) is 19.6 Å². The molecule has 2 heterocycles. The standard InChI is InChI=1S/C16H17F3N4O/c1-11-10-20-7-8-22(11)15(24)12-3-2-4-13(9-12)23-14(5-6-21-23)16(17,18)19/h2-6,9,11,20H,7-8,10H2,1H3. The minimum atomic E-state index is -4.51. The molecule has 0 spiro atoms. The van der Waals surface area contributed by atoms with Crippen LogP contribution < -0.4 is 5.32 Å². The SMILES string of the molecule is CC1CNCCN1C(=O)c1cccc(-n2nccc2C(F)(F)F)c1. The maximum Gasteiger partial charge on any atom is 0.433 e. The Morgan fingerprint density at radius 1 is 1.33 bits per heavy atom. The molecule has 1 aliphatic rings. The van der Waals surface area contributed by atoms with Gasteiger partial charge < -0.3 is 10.2 Å². The van der Waals surface area contributed by atoms with Crippen LogP contribution >= 0.6 is 0 Å². The van der Waals surface area contributed by atoms with Crippen LogP contribution in [0.3, 0.4) is 0 Å². The normalized spacial score (nSPS) is 18.7. The van der Waals surface area contributed by atoms with Gasteiger partial charge in [0.2, 0.25) is 0 Å². The molecule has 0 bridgehead atoms. The Hall–Kier alpha value is -2.35. The first kappa shape index (κ1) is 16.5. The Kier molecular flexibility index (Phi) is 4.31. The molecule has 24 heavy (non-hydrogen) atoms. The number of hydrogen-bond acceptors (Lipinski definition) is 3. The topological polar surface area (TPSA) is 50.2 Å². The van der Waals surface area contributed by atoms with Gasteiger partial charge in [-0.3, -0.25) is 4.79 Å². The second-order valence-electron chi connectivity index (χ2n) is 5.73. The molecule has 128 valence electrons. The van der Waals surface area contributed by atoms with Gasteiger partial charge in [0.25, 0.3) is 5.91 Å². The minimum Gasteiger partial charge on any atom is -0.333 e. The van der Waals surface area contributed by atoms with Crippen molar-refractivity contribution < 1.29 is 18.0 Å². The highest BCUT2D eigenvalue weighted by molar-refractivity contribution is 5.95. The molecule has 1 aromatic carbocycles. The molecule has 1 amide bonds. The summed E-state index contributed by atoms with van der Waals surface area (Å²) in [6.45, 7) is 3.90. The van der Waals surface area contributed by atoms with Crippen molar-refractivity contribution >= 4 is 5.91 Å². The first-order valence-electron chi connectivity index (χ1n) is 7.61. The molecule has 1 aliphatic heterocycles. The van der Waals surface area contributed by atoms with Crippen molar-refractivity contribution in [2.45, 2.75) is 19.1 Å². The van der Waals surface area contributed by atoms with Crippen molar-refractivity contribution in [3.63, 3.8) is 0 Å². The molecule has 1 saturated heterocycles. The summed E-state index contributed by atoms with van der Waals surface area (Å²) in [4.78, 5) is 14.4. The molecule has 0 aliphatic carbocycles. The number of amides is 1. The first-order valence-corrected chi connectivity index (χ1v) is 7.61. The van der Waals surface area contributed by atoms with Gasteiger partial charge in [-0.25, -0.2) is 4.68 Å². The van der Waals surface area contributed by atoms with Crippen molar-refractivity contribution in [1.29, 1.82) is 0 Å². The molecule has 1 N–H and O–H groups in total. The predicted molar refractivity (Wildman–Crippen MR) is 81.9 cm³/mol. The number of nitrogens with one attached hydrogen (secondary N) is 1. The third kappa shape index (κ3) is 3.14. The molecule has 0 saturated carbocycles. The highest BCUT2D eigenvalue weighted by atomic mass is 19.4. The van der Waals surface area contributed by atoms with Crippen molar-refractivity contribution in [3.05, 3.63) is 47.8 Å². The van der Waals surface area contributed by atoms with Gasteiger partial charge in [-0.1, -0.05) is 6.07 Å². The molecule has 1 unspecified atom stereocenters. The summed E-state index contributed by atoms with van der Waals surface area (Å²) in [7, 11) is 0. The molecule has 1 aromatic heterocycles. The fourth-order valence-electron chi connectivity index (χ4n) is 2.80. The quantitative estimate of drug-likeness (QED) is 0.914. The summed E-state index contributed by atoms with van der Waals surface area (Å²) in [6.07, 6.45) is -3.42. The lowest BCUT2D eigenvalue weighted by molar-refractivity contribution is -0.142. The molecular formula is C16H17F3N4O. The molecule has 8 heteroatoms. The van der Waals surface area contributed by atoms with Gasteiger partial charge in [-0.05, 0) is 31.2 Å². The van der Waals surface area contributed by atoms with E-state index in [1.807, 2.05) is 6.92 Å². The second kappa shape index (κ2) is 6.27. The number of hydrogen-bond donors (Lipinski definition) is 1. The fourth-order valence-corrected chi connectivity index (χ4v) is 2.80. The van der Waals surface area contributed by atoms with E-state index in [4.69, 9.17) is 0 Å². The Bertz CT molecular complexity index is 741. The number of aromatic nitrogens is 2. The van der Waals surface area contributed by atoms with E-state index < -0.39 is 11.9 Å². The second-order valence-corrected chi connectivity index (χ2v) is 5.73. The van der Waals surface area contributed by atoms with Crippen molar-refractivity contribution in [2.24, 2.45) is 0 Å². The Labute approximate surface area is 137 Å². The zero-order valence-electron chi connectivity index (χ0n) is 13.0. The zero-order chi connectivity index (χ0) is 17.3. The van der Waals surface area contributed by atoms with E-state index in [9.17, 15) is 18.0 Å². The van der Waals surface area contributed by atoms with E-state index in [1.54, 1.807) is 17.0 Å². The molecule has 1 atom stereocenters. The van der Waals surface area contributed by atoms with Gasteiger partial charge in [0.15, 0.2) is 0 Å². The van der Waals surface area contributed by atoms with Crippen LogP contribution in [0.25, 0.3) is 5.69 Å². The predicted octanol–water partition coefficient (Wildman–Crippen LogP) is 2.32. The summed E-state index contributed by atoms with van der Waals surface area (Å²) in [5.41, 5.74) is -0.312. The molecule has 1 fully saturated rings. The van der Waals surface area contributed by atoms with Gasteiger partial charge in [-0.15, -0.1) is 0 Å². The van der Waals surface area contributed by atoms with Crippen LogP contribution in [-0.4, -0.2) is 46.3 Å². The average Bonchev–Trinajstić information content (AvgIpc) is 3.05. The summed E-state index contributed by atoms with van der Waals surface area (Å²) in [5.74, 6) is -0.188. The minimum absolute atomic E-state index is 0.0327. The van der Waals surface area contributed by atoms with E-state index in [1.165, 1.54) is 12.1 Å². The first-order chi connectivity index (χ1) is 11.4. The molecule has 0 radical (unpaired) electrons. The van der Waals surface area contributed by atoms with Gasteiger partial charge in [0.1, 0.15) is 5.69 Å². The van der Waals surface area contributed by atoms with Crippen molar-refractivity contribution in [3.8, 4) is 5.69 Å². The Balaban J connectivity index is 1.93. The number of benzene rings is 1. The number of rotatable bonds is 2. The lowest BCUT2D eigenvalue weighted by Gasteiger charge is -2.34. The highest BCUT2D eigenvalue weighted by Gasteiger charge is 2.35. The van der Waals surface area contributed by atoms with Crippen LogP contribution in [0.2, 0.25) is 0 Å². The third-order valence-corrected chi connectivity index (χ3v) is 4.03. The third-order valence-electron chi connectivity index (χ3n) is 4.03. The van der Waals surface area contributed by atoms with Gasteiger partial charge >= 0.3 is 6.18 Å². The number of piperazine rings is 1. The Morgan fingerprint density at radius 2 is 2.12 bits per heavy atom. The molecule has 2 aromatic rings. The fraction of sp³-hybridized carbons (Fsp3) is 0.375. The number of carbonyl (C=O) groups excluding carboxylic acids is 1. The lowest BCUT2D eigenvalue weighted by Crippen LogP contribution is -2.52. The van der Waals surface area contributed by atoms with Crippen LogP contribution in [0.5, 0.6) is 0 Å². The number of carbonyl (C=O) groups is 1. The van der Waals surface area contributed by atoms with Gasteiger partial charge in [0.05, 0.1) is 11.9 Å². The monoisotopic (exact) mass is 338 g/mol. The number of nitrogens with zero attached hydrogens (tertiary/aromatic N) is 3. The Morgan fingerprint density at radius 3 is 2.83 bits per heavy atom. The van der Waals surface area contributed by atoms with E-state index in [0.717, 1.165) is 16.9 Å². The van der Waals surface area contributed by atoms with Crippen molar-refractivity contribution in [1.82, 2.24) is 20.0 Å². The maximum atomic E-state index is 13.0. The van der Waals surface area contributed by atoms with Crippen LogP contribution in [0, 0.1) is 0 Å². The zero-order valence-corrected chi connectivity index (χ0v) is 13.0. The average molecular weight is 338 g/mol. The smallest absolute Gasteiger partial charge is 0.333 e. The summed E-state index contributed by atoms with van der Waals surface area (Å²) < 4.78 is 39.9. The van der Waals surface area contributed by atoms with E-state index in [-0.39, 0.29) is 17.6 Å². The molecule has 5 nitrogen and oxygen atoms in total.